The minimum absolute atomic E-state index is 0.116. The van der Waals surface area contributed by atoms with Crippen molar-refractivity contribution in [3.63, 3.8) is 0 Å². The van der Waals surface area contributed by atoms with E-state index >= 15 is 0 Å². The van der Waals surface area contributed by atoms with Crippen LogP contribution in [0.2, 0.25) is 0 Å². The normalized spacial score (nSPS) is 11.5. The molecule has 0 aliphatic heterocycles. The van der Waals surface area contributed by atoms with Crippen molar-refractivity contribution in [2.75, 3.05) is 13.2 Å². The molecular formula is C30H36N2O9S2. The number of fused-ring (bicyclic) bond motifs is 2. The van der Waals surface area contributed by atoms with Gasteiger partial charge in [-0.25, -0.2) is 14.4 Å². The zero-order valence-electron chi connectivity index (χ0n) is 25.5. The van der Waals surface area contributed by atoms with Gasteiger partial charge in [-0.05, 0) is 83.8 Å². The fourth-order valence-corrected chi connectivity index (χ4v) is 5.64. The van der Waals surface area contributed by atoms with Crippen molar-refractivity contribution >= 4 is 73.0 Å². The molecule has 0 spiro atoms. The first-order valence-corrected chi connectivity index (χ1v) is 15.3. The first kappa shape index (κ1) is 33.5. The van der Waals surface area contributed by atoms with Gasteiger partial charge in [0.25, 0.3) is 5.78 Å². The summed E-state index contributed by atoms with van der Waals surface area (Å²) in [5.74, 6) is -2.00. The number of ketones is 1. The van der Waals surface area contributed by atoms with Crippen LogP contribution < -0.4 is 0 Å². The Morgan fingerprint density at radius 3 is 1.72 bits per heavy atom. The molecule has 4 heterocycles. The fourth-order valence-electron chi connectivity index (χ4n) is 3.85. The van der Waals surface area contributed by atoms with Crippen LogP contribution in [0.25, 0.3) is 20.4 Å². The number of nitrogens with zero attached hydrogens (tertiary/aromatic N) is 2. The Labute approximate surface area is 257 Å². The van der Waals surface area contributed by atoms with Crippen LogP contribution in [0.5, 0.6) is 0 Å². The SMILES string of the molecule is CCOC(=O)C(=O)c1cn(C(=O)OC(C)(C)C)c2ccsc12.CCOC(=O)Cc1cn(C(=O)OC(C)(C)C)c2ccsc12. The second-order valence-corrected chi connectivity index (χ2v) is 13.0. The maximum Gasteiger partial charge on any atom is 0.419 e. The minimum Gasteiger partial charge on any atom is -0.466 e. The highest BCUT2D eigenvalue weighted by Gasteiger charge is 2.27. The number of aromatic nitrogens is 2. The quantitative estimate of drug-likeness (QED) is 0.0971. The van der Waals surface area contributed by atoms with Gasteiger partial charge in [-0.15, -0.1) is 22.7 Å². The highest BCUT2D eigenvalue weighted by Crippen LogP contribution is 2.29. The molecule has 13 heteroatoms. The van der Waals surface area contributed by atoms with Crippen LogP contribution >= 0.6 is 22.7 Å². The van der Waals surface area contributed by atoms with Crippen LogP contribution in [0.4, 0.5) is 9.59 Å². The molecule has 4 aromatic heterocycles. The highest BCUT2D eigenvalue weighted by atomic mass is 32.1. The summed E-state index contributed by atoms with van der Waals surface area (Å²) < 4.78 is 24.5. The summed E-state index contributed by atoms with van der Waals surface area (Å²) in [6.07, 6.45) is 2.10. The summed E-state index contributed by atoms with van der Waals surface area (Å²) in [6.45, 7) is 14.6. The third kappa shape index (κ3) is 8.54. The van der Waals surface area contributed by atoms with Gasteiger partial charge in [0.05, 0.1) is 45.6 Å². The number of thiophene rings is 2. The number of hydrogen-bond acceptors (Lipinski definition) is 11. The van der Waals surface area contributed by atoms with Crippen LogP contribution in [0.3, 0.4) is 0 Å². The maximum atomic E-state index is 12.2. The highest BCUT2D eigenvalue weighted by molar-refractivity contribution is 7.18. The molecule has 4 aromatic rings. The third-order valence-electron chi connectivity index (χ3n) is 5.41. The molecule has 0 aliphatic carbocycles. The largest absolute Gasteiger partial charge is 0.466 e. The molecule has 0 saturated carbocycles. The number of esters is 2. The maximum absolute atomic E-state index is 12.2. The number of carbonyl (C=O) groups is 5. The Morgan fingerprint density at radius 1 is 0.721 bits per heavy atom. The lowest BCUT2D eigenvalue weighted by molar-refractivity contribution is -0.142. The van der Waals surface area contributed by atoms with E-state index in [9.17, 15) is 24.0 Å². The predicted molar refractivity (Wildman–Crippen MR) is 164 cm³/mol. The van der Waals surface area contributed by atoms with Crippen LogP contribution in [-0.4, -0.2) is 63.5 Å². The summed E-state index contributed by atoms with van der Waals surface area (Å²) in [5.41, 5.74) is 0.999. The molecule has 43 heavy (non-hydrogen) atoms. The summed E-state index contributed by atoms with van der Waals surface area (Å²) in [5, 5.41) is 3.63. The summed E-state index contributed by atoms with van der Waals surface area (Å²) >= 11 is 2.77. The first-order valence-electron chi connectivity index (χ1n) is 13.6. The van der Waals surface area contributed by atoms with E-state index in [4.69, 9.17) is 18.9 Å². The fraction of sp³-hybridized carbons (Fsp3) is 0.433. The Kier molecular flexibility index (Phi) is 10.6. The molecule has 0 aliphatic rings. The van der Waals surface area contributed by atoms with Crippen molar-refractivity contribution < 1.29 is 42.9 Å². The third-order valence-corrected chi connectivity index (χ3v) is 7.33. The molecular weight excluding hydrogens is 596 g/mol. The summed E-state index contributed by atoms with van der Waals surface area (Å²) in [6, 6.07) is 3.55. The Balaban J connectivity index is 0.000000236. The van der Waals surface area contributed by atoms with Gasteiger partial charge in [0.1, 0.15) is 11.2 Å². The molecule has 0 fully saturated rings. The van der Waals surface area contributed by atoms with E-state index in [1.165, 1.54) is 38.0 Å². The standard InChI is InChI=1S/C15H17NO5S.C15H19NO4S/c1-5-20-13(18)11(17)9-8-16(10-6-7-22-12(9)10)14(19)21-15(2,3)4;1-5-19-12(17)8-10-9-16(11-6-7-21-13(10)11)14(18)20-15(2,3)4/h6-8H,5H2,1-4H3;6-7,9H,5,8H2,1-4H3. The van der Waals surface area contributed by atoms with E-state index in [1.54, 1.807) is 52.3 Å². The van der Waals surface area contributed by atoms with Crippen molar-refractivity contribution in [3.05, 3.63) is 46.4 Å². The molecule has 0 unspecified atom stereocenters. The summed E-state index contributed by atoms with van der Waals surface area (Å²) in [4.78, 5) is 59.8. The Hall–Kier alpha value is -3.97. The van der Waals surface area contributed by atoms with Gasteiger partial charge in [-0.1, -0.05) is 0 Å². The van der Waals surface area contributed by atoms with Gasteiger partial charge in [0.2, 0.25) is 0 Å². The number of hydrogen-bond donors (Lipinski definition) is 0. The number of rotatable bonds is 6. The zero-order chi connectivity index (χ0) is 32.1. The van der Waals surface area contributed by atoms with Gasteiger partial charge in [0.15, 0.2) is 0 Å². The van der Waals surface area contributed by atoms with Crippen LogP contribution in [0.15, 0.2) is 35.3 Å². The molecule has 0 amide bonds. The van der Waals surface area contributed by atoms with Crippen molar-refractivity contribution in [1.82, 2.24) is 9.13 Å². The molecule has 0 radical (unpaired) electrons. The van der Waals surface area contributed by atoms with Crippen molar-refractivity contribution in [3.8, 4) is 0 Å². The average Bonchev–Trinajstić information content (AvgIpc) is 3.65. The second kappa shape index (κ2) is 13.6. The van der Waals surface area contributed by atoms with Gasteiger partial charge in [-0.3, -0.25) is 18.7 Å². The Morgan fingerprint density at radius 2 is 1.21 bits per heavy atom. The van der Waals surface area contributed by atoms with Gasteiger partial charge >= 0.3 is 24.1 Å². The predicted octanol–water partition coefficient (Wildman–Crippen LogP) is 6.82. The monoisotopic (exact) mass is 632 g/mol. The number of ether oxygens (including phenoxy) is 4. The Bertz CT molecular complexity index is 1640. The molecule has 11 nitrogen and oxygen atoms in total. The van der Waals surface area contributed by atoms with Gasteiger partial charge < -0.3 is 18.9 Å². The molecule has 0 N–H and O–H groups in total. The van der Waals surface area contributed by atoms with E-state index in [-0.39, 0.29) is 24.6 Å². The minimum atomic E-state index is -0.931. The lowest BCUT2D eigenvalue weighted by atomic mass is 10.2. The summed E-state index contributed by atoms with van der Waals surface area (Å²) in [7, 11) is 0. The van der Waals surface area contributed by atoms with Gasteiger partial charge in [-0.2, -0.15) is 0 Å². The van der Waals surface area contributed by atoms with E-state index in [0.29, 0.717) is 16.8 Å². The molecule has 232 valence electrons. The molecule has 0 aromatic carbocycles. The topological polar surface area (TPSA) is 132 Å². The zero-order valence-corrected chi connectivity index (χ0v) is 27.1. The van der Waals surface area contributed by atoms with E-state index in [2.05, 4.69) is 0 Å². The van der Waals surface area contributed by atoms with E-state index in [1.807, 2.05) is 32.2 Å². The van der Waals surface area contributed by atoms with Crippen LogP contribution in [-0.2, 0) is 35.0 Å². The van der Waals surface area contributed by atoms with Crippen LogP contribution in [0.1, 0.15) is 71.3 Å². The lowest BCUT2D eigenvalue weighted by Crippen LogP contribution is -2.26. The first-order chi connectivity index (χ1) is 20.1. The lowest BCUT2D eigenvalue weighted by Gasteiger charge is -2.19. The van der Waals surface area contributed by atoms with Crippen LogP contribution in [0, 0.1) is 0 Å². The molecule has 4 rings (SSSR count). The van der Waals surface area contributed by atoms with Crippen molar-refractivity contribution in [2.45, 2.75) is 73.0 Å². The van der Waals surface area contributed by atoms with E-state index < -0.39 is 35.1 Å². The van der Waals surface area contributed by atoms with Crippen molar-refractivity contribution in [1.29, 1.82) is 0 Å². The second-order valence-electron chi connectivity index (χ2n) is 11.2. The average molecular weight is 633 g/mol. The number of carbonyl (C=O) groups excluding carboxylic acids is 5. The molecule has 0 atom stereocenters. The van der Waals surface area contributed by atoms with E-state index in [0.717, 1.165) is 15.8 Å². The smallest absolute Gasteiger partial charge is 0.419 e. The number of Topliss-reactive ketones (excluding diaryl/α,β-unsaturated/α-hetero) is 1. The van der Waals surface area contributed by atoms with Crippen molar-refractivity contribution in [2.24, 2.45) is 0 Å². The molecule has 0 bridgehead atoms. The van der Waals surface area contributed by atoms with Gasteiger partial charge in [0, 0.05) is 12.4 Å². The molecule has 0 saturated heterocycles.